The zero-order valence-electron chi connectivity index (χ0n) is 22.4. The van der Waals surface area contributed by atoms with Gasteiger partial charge in [-0.1, -0.05) is 6.07 Å². The van der Waals surface area contributed by atoms with E-state index in [4.69, 9.17) is 4.74 Å². The van der Waals surface area contributed by atoms with Crippen molar-refractivity contribution >= 4 is 23.2 Å². The number of rotatable bonds is 9. The number of carbonyl (C=O) groups excluding carboxylic acids is 2. The second-order valence-electron chi connectivity index (χ2n) is 8.80. The van der Waals surface area contributed by atoms with Gasteiger partial charge in [0.2, 0.25) is 0 Å². The number of para-hydroxylation sites is 1. The average molecular weight is 623 g/mol. The summed E-state index contributed by atoms with van der Waals surface area (Å²) < 4.78 is 130. The van der Waals surface area contributed by atoms with Crippen molar-refractivity contribution in [2.45, 2.75) is 38.5 Å². The highest BCUT2D eigenvalue weighted by atomic mass is 19.4. The number of pyridine rings is 1. The Balaban J connectivity index is 2.11. The van der Waals surface area contributed by atoms with Crippen LogP contribution in [-0.2, 0) is 5.67 Å². The van der Waals surface area contributed by atoms with Crippen LogP contribution in [0.2, 0.25) is 0 Å². The quantitative estimate of drug-likeness (QED) is 0.255. The van der Waals surface area contributed by atoms with Gasteiger partial charge >= 0.3 is 24.6 Å². The van der Waals surface area contributed by atoms with Crippen molar-refractivity contribution in [1.82, 2.24) is 4.98 Å². The second-order valence-corrected chi connectivity index (χ2v) is 8.80. The number of aryl methyl sites for hydroxylation is 1. The van der Waals surface area contributed by atoms with Gasteiger partial charge in [-0.2, -0.15) is 35.1 Å². The maximum absolute atomic E-state index is 14.7. The van der Waals surface area contributed by atoms with Crippen LogP contribution in [0, 0.1) is 6.92 Å². The van der Waals surface area contributed by atoms with Crippen molar-refractivity contribution in [3.63, 3.8) is 0 Å². The van der Waals surface area contributed by atoms with Gasteiger partial charge in [0.1, 0.15) is 5.75 Å². The molecule has 3 rings (SSSR count). The van der Waals surface area contributed by atoms with E-state index in [-0.39, 0.29) is 41.2 Å². The van der Waals surface area contributed by atoms with Crippen molar-refractivity contribution in [3.8, 4) is 11.5 Å². The van der Waals surface area contributed by atoms with E-state index in [1.807, 2.05) is 0 Å². The van der Waals surface area contributed by atoms with Crippen LogP contribution in [0.25, 0.3) is 0 Å². The Hall–Kier alpha value is -4.50. The van der Waals surface area contributed by atoms with Gasteiger partial charge in [-0.3, -0.25) is 14.6 Å². The molecule has 2 aromatic carbocycles. The van der Waals surface area contributed by atoms with Gasteiger partial charge in [0.25, 0.3) is 11.8 Å². The molecule has 0 aliphatic rings. The molecule has 0 saturated carbocycles. The molecule has 232 valence electrons. The highest BCUT2D eigenvalue weighted by molar-refractivity contribution is 6.11. The van der Waals surface area contributed by atoms with Crippen LogP contribution in [0.15, 0.2) is 54.9 Å². The molecule has 7 nitrogen and oxygen atoms in total. The minimum atomic E-state index is -6.53. The van der Waals surface area contributed by atoms with Crippen LogP contribution in [0.3, 0.4) is 0 Å². The average Bonchev–Trinajstić information content (AvgIpc) is 2.93. The Morgan fingerprint density at radius 2 is 1.58 bits per heavy atom. The zero-order chi connectivity index (χ0) is 32.3. The number of alkyl halides is 9. The van der Waals surface area contributed by atoms with E-state index < -0.39 is 59.0 Å². The Morgan fingerprint density at radius 1 is 0.977 bits per heavy atom. The summed E-state index contributed by atoms with van der Waals surface area (Å²) in [6, 6.07) is 6.73. The Kier molecular flexibility index (Phi) is 9.51. The summed E-state index contributed by atoms with van der Waals surface area (Å²) in [5, 5.41) is 2.10. The molecule has 0 aliphatic carbocycles. The van der Waals surface area contributed by atoms with Crippen LogP contribution in [-0.4, -0.2) is 49.4 Å². The van der Waals surface area contributed by atoms with E-state index in [0.29, 0.717) is 0 Å². The van der Waals surface area contributed by atoms with Gasteiger partial charge in [-0.15, -0.1) is 0 Å². The number of aromatic nitrogens is 1. The zero-order valence-corrected chi connectivity index (χ0v) is 22.4. The molecule has 0 fully saturated rings. The third-order valence-electron chi connectivity index (χ3n) is 6.16. The first-order chi connectivity index (χ1) is 20.0. The molecule has 1 N–H and O–H groups in total. The minimum absolute atomic E-state index is 0.0823. The Morgan fingerprint density at radius 3 is 2.09 bits per heavy atom. The summed E-state index contributed by atoms with van der Waals surface area (Å²) >= 11 is 0. The molecule has 43 heavy (non-hydrogen) atoms. The van der Waals surface area contributed by atoms with E-state index in [9.17, 15) is 49.1 Å². The van der Waals surface area contributed by atoms with Crippen molar-refractivity contribution < 1.29 is 58.6 Å². The van der Waals surface area contributed by atoms with Crippen molar-refractivity contribution in [2.24, 2.45) is 0 Å². The fraction of sp³-hybridized carbons (Fsp3) is 0.296. The fourth-order valence-corrected chi connectivity index (χ4v) is 4.18. The SMILES string of the molecule is CCN(C(=O)c1ccncc1)c1cccc(C(=O)Nc2c(C)cc(C(F)(C(F)(F)F)C(F)(F)F)cc2OC(F)F)c1OC. The lowest BCUT2D eigenvalue weighted by Crippen LogP contribution is -2.50. The van der Waals surface area contributed by atoms with Gasteiger partial charge in [0.05, 0.1) is 24.0 Å². The van der Waals surface area contributed by atoms with E-state index >= 15 is 0 Å². The van der Waals surface area contributed by atoms with E-state index in [1.165, 1.54) is 47.6 Å². The highest BCUT2D eigenvalue weighted by Crippen LogP contribution is 2.54. The van der Waals surface area contributed by atoms with Crippen LogP contribution >= 0.6 is 0 Å². The molecular weight excluding hydrogens is 601 g/mol. The largest absolute Gasteiger partial charge is 0.494 e. The predicted octanol–water partition coefficient (Wildman–Crippen LogP) is 7.21. The van der Waals surface area contributed by atoms with E-state index in [0.717, 1.165) is 14.0 Å². The molecule has 0 atom stereocenters. The van der Waals surface area contributed by atoms with Crippen molar-refractivity contribution in [1.29, 1.82) is 0 Å². The fourth-order valence-electron chi connectivity index (χ4n) is 4.18. The number of nitrogens with one attached hydrogen (secondary N) is 1. The molecule has 2 amide bonds. The highest BCUT2D eigenvalue weighted by Gasteiger charge is 2.73. The second kappa shape index (κ2) is 12.4. The number of anilines is 2. The lowest BCUT2D eigenvalue weighted by atomic mass is 9.92. The number of nitrogens with zero attached hydrogens (tertiary/aromatic N) is 2. The van der Waals surface area contributed by atoms with Crippen molar-refractivity contribution in [2.75, 3.05) is 23.9 Å². The Bertz CT molecular complexity index is 1470. The Labute approximate surface area is 238 Å². The first-order valence-corrected chi connectivity index (χ1v) is 12.1. The van der Waals surface area contributed by atoms with Crippen LogP contribution < -0.4 is 19.7 Å². The lowest BCUT2D eigenvalue weighted by molar-refractivity contribution is -0.348. The van der Waals surface area contributed by atoms with Gasteiger partial charge in [-0.05, 0) is 55.8 Å². The van der Waals surface area contributed by atoms with Gasteiger partial charge in [0.15, 0.2) is 5.75 Å². The molecular formula is C27H22F9N3O4. The summed E-state index contributed by atoms with van der Waals surface area (Å²) in [6.07, 6.45) is -10.3. The van der Waals surface area contributed by atoms with Gasteiger partial charge < -0.3 is 19.7 Å². The van der Waals surface area contributed by atoms with Crippen LogP contribution in [0.4, 0.5) is 50.9 Å². The molecule has 3 aromatic rings. The van der Waals surface area contributed by atoms with Gasteiger partial charge in [0, 0.05) is 30.1 Å². The summed E-state index contributed by atoms with van der Waals surface area (Å²) in [5.41, 5.74) is -9.46. The van der Waals surface area contributed by atoms with E-state index in [2.05, 4.69) is 15.0 Å². The molecule has 0 radical (unpaired) electrons. The monoisotopic (exact) mass is 623 g/mol. The molecule has 16 heteroatoms. The lowest BCUT2D eigenvalue weighted by Gasteiger charge is -2.31. The topological polar surface area (TPSA) is 80.8 Å². The van der Waals surface area contributed by atoms with Crippen molar-refractivity contribution in [3.05, 3.63) is 77.1 Å². The number of benzene rings is 2. The van der Waals surface area contributed by atoms with E-state index in [1.54, 1.807) is 6.92 Å². The molecule has 0 spiro atoms. The molecule has 0 bridgehead atoms. The molecule has 0 aliphatic heterocycles. The minimum Gasteiger partial charge on any atom is -0.494 e. The number of ether oxygens (including phenoxy) is 2. The predicted molar refractivity (Wildman–Crippen MR) is 135 cm³/mol. The van der Waals surface area contributed by atoms with Crippen LogP contribution in [0.5, 0.6) is 11.5 Å². The summed E-state index contributed by atoms with van der Waals surface area (Å²) in [7, 11) is 1.15. The summed E-state index contributed by atoms with van der Waals surface area (Å²) in [5.74, 6) is -3.21. The number of amides is 2. The normalized spacial score (nSPS) is 12.2. The number of hydrogen-bond donors (Lipinski definition) is 1. The maximum atomic E-state index is 14.7. The molecule has 0 unspecified atom stereocenters. The van der Waals surface area contributed by atoms with Crippen LogP contribution in [0.1, 0.15) is 38.8 Å². The molecule has 0 saturated heterocycles. The smallest absolute Gasteiger partial charge is 0.435 e. The van der Waals surface area contributed by atoms with Gasteiger partial charge in [-0.25, -0.2) is 4.39 Å². The number of halogens is 9. The number of carbonyl (C=O) groups is 2. The molecule has 1 aromatic heterocycles. The summed E-state index contributed by atoms with van der Waals surface area (Å²) in [6.45, 7) is -1.23. The number of methoxy groups -OCH3 is 1. The maximum Gasteiger partial charge on any atom is 0.435 e. The summed E-state index contributed by atoms with van der Waals surface area (Å²) in [4.78, 5) is 31.5. The third kappa shape index (κ3) is 6.46. The molecule has 1 heterocycles. The first-order valence-electron chi connectivity index (χ1n) is 12.1. The first kappa shape index (κ1) is 33.0. The number of hydrogen-bond acceptors (Lipinski definition) is 5. The third-order valence-corrected chi connectivity index (χ3v) is 6.16. The standard InChI is InChI=1S/C27H22F9N3O4/c1-4-39(23(41)15-8-10-37-11-9-15)18-7-5-6-17(21(18)42-3)22(40)38-20-14(2)12-16(13-19(20)43-24(28)29)25(30,26(31,32)33)27(34,35)36/h5-13,24H,4H2,1-3H3,(H,38,40).